The normalized spacial score (nSPS) is 12.4. The highest BCUT2D eigenvalue weighted by Gasteiger charge is 2.13. The number of hydrogen-bond donors (Lipinski definition) is 1. The van der Waals surface area contributed by atoms with Gasteiger partial charge in [0.2, 0.25) is 0 Å². The summed E-state index contributed by atoms with van der Waals surface area (Å²) in [5.74, 6) is 0.602. The first-order valence-corrected chi connectivity index (χ1v) is 7.61. The second-order valence-electron chi connectivity index (χ2n) is 5.23. The molecule has 0 aliphatic carbocycles. The Morgan fingerprint density at radius 1 is 1.36 bits per heavy atom. The fraction of sp³-hybridized carbons (Fsp3) is 0.438. The Morgan fingerprint density at radius 2 is 2.14 bits per heavy atom. The van der Waals surface area contributed by atoms with Crippen molar-refractivity contribution in [3.63, 3.8) is 0 Å². The molecular formula is C16H23N5O. The molecule has 1 atom stereocenters. The molecule has 0 aromatic carbocycles. The summed E-state index contributed by atoms with van der Waals surface area (Å²) in [6, 6.07) is 3.58. The highest BCUT2D eigenvalue weighted by Crippen LogP contribution is 2.07. The van der Waals surface area contributed by atoms with Crippen LogP contribution in [0, 0.1) is 0 Å². The first-order valence-electron chi connectivity index (χ1n) is 7.61. The van der Waals surface area contributed by atoms with Gasteiger partial charge in [-0.1, -0.05) is 13.8 Å². The molecule has 1 N–H and O–H groups in total. The number of carbonyl (C=O) groups excluding carboxylic acids is 1. The van der Waals surface area contributed by atoms with Gasteiger partial charge in [0.15, 0.2) is 0 Å². The highest BCUT2D eigenvalue weighted by molar-refractivity contribution is 5.94. The number of carbonyl (C=O) groups is 1. The van der Waals surface area contributed by atoms with E-state index in [1.165, 1.54) is 0 Å². The molecule has 6 nitrogen and oxygen atoms in total. The molecule has 0 radical (unpaired) electrons. The smallest absolute Gasteiger partial charge is 0.251 e. The minimum absolute atomic E-state index is 0.0802. The SMILES string of the molecule is CCN(CC)CC(C)NC(=O)c1ccnc(-n2ccnc2)c1. The third-order valence-electron chi connectivity index (χ3n) is 3.58. The van der Waals surface area contributed by atoms with Crippen LogP contribution in [0.2, 0.25) is 0 Å². The first kappa shape index (κ1) is 16.2. The fourth-order valence-corrected chi connectivity index (χ4v) is 2.32. The van der Waals surface area contributed by atoms with Gasteiger partial charge in [-0.2, -0.15) is 0 Å². The number of amides is 1. The average molecular weight is 301 g/mol. The van der Waals surface area contributed by atoms with Gasteiger partial charge in [-0.05, 0) is 32.1 Å². The molecule has 118 valence electrons. The van der Waals surface area contributed by atoms with E-state index in [9.17, 15) is 4.79 Å². The van der Waals surface area contributed by atoms with Gasteiger partial charge in [0.1, 0.15) is 12.1 Å². The summed E-state index contributed by atoms with van der Waals surface area (Å²) in [6.45, 7) is 9.08. The van der Waals surface area contributed by atoms with Gasteiger partial charge in [0, 0.05) is 36.7 Å². The van der Waals surface area contributed by atoms with E-state index >= 15 is 0 Å². The zero-order chi connectivity index (χ0) is 15.9. The highest BCUT2D eigenvalue weighted by atomic mass is 16.1. The summed E-state index contributed by atoms with van der Waals surface area (Å²) in [4.78, 5) is 22.9. The molecule has 0 bridgehead atoms. The molecule has 22 heavy (non-hydrogen) atoms. The molecule has 2 rings (SSSR count). The molecule has 0 saturated carbocycles. The van der Waals surface area contributed by atoms with Crippen LogP contribution in [0.3, 0.4) is 0 Å². The number of likely N-dealkylation sites (N-methyl/N-ethyl adjacent to an activating group) is 1. The second-order valence-corrected chi connectivity index (χ2v) is 5.23. The van der Waals surface area contributed by atoms with Crippen molar-refractivity contribution in [1.29, 1.82) is 0 Å². The van der Waals surface area contributed by atoms with E-state index in [1.54, 1.807) is 41.6 Å². The predicted molar refractivity (Wildman–Crippen MR) is 86.1 cm³/mol. The van der Waals surface area contributed by atoms with Gasteiger partial charge < -0.3 is 10.2 Å². The monoisotopic (exact) mass is 301 g/mol. The zero-order valence-electron chi connectivity index (χ0n) is 13.4. The average Bonchev–Trinajstić information content (AvgIpc) is 3.07. The number of nitrogens with zero attached hydrogens (tertiary/aromatic N) is 4. The maximum Gasteiger partial charge on any atom is 0.251 e. The Bertz CT molecular complexity index is 592. The van der Waals surface area contributed by atoms with E-state index in [-0.39, 0.29) is 11.9 Å². The number of hydrogen-bond acceptors (Lipinski definition) is 4. The van der Waals surface area contributed by atoms with E-state index in [0.29, 0.717) is 11.4 Å². The topological polar surface area (TPSA) is 63.1 Å². The Morgan fingerprint density at radius 3 is 2.77 bits per heavy atom. The number of imidazole rings is 1. The molecule has 0 fully saturated rings. The van der Waals surface area contributed by atoms with Crippen LogP contribution >= 0.6 is 0 Å². The number of aromatic nitrogens is 3. The quantitative estimate of drug-likeness (QED) is 0.846. The van der Waals surface area contributed by atoms with Gasteiger partial charge in [-0.3, -0.25) is 9.36 Å². The van der Waals surface area contributed by atoms with Crippen molar-refractivity contribution in [2.45, 2.75) is 26.8 Å². The second kappa shape index (κ2) is 7.70. The van der Waals surface area contributed by atoms with Crippen molar-refractivity contribution in [2.75, 3.05) is 19.6 Å². The minimum Gasteiger partial charge on any atom is -0.348 e. The van der Waals surface area contributed by atoms with Crippen LogP contribution in [0.15, 0.2) is 37.1 Å². The summed E-state index contributed by atoms with van der Waals surface area (Å²) < 4.78 is 1.77. The summed E-state index contributed by atoms with van der Waals surface area (Å²) in [7, 11) is 0. The lowest BCUT2D eigenvalue weighted by Crippen LogP contribution is -2.41. The van der Waals surface area contributed by atoms with Gasteiger partial charge in [0.05, 0.1) is 0 Å². The Hall–Kier alpha value is -2.21. The van der Waals surface area contributed by atoms with Crippen LogP contribution in [0.1, 0.15) is 31.1 Å². The van der Waals surface area contributed by atoms with Gasteiger partial charge >= 0.3 is 0 Å². The van der Waals surface area contributed by atoms with Gasteiger partial charge in [-0.15, -0.1) is 0 Å². The number of nitrogens with one attached hydrogen (secondary N) is 1. The lowest BCUT2D eigenvalue weighted by molar-refractivity contribution is 0.0930. The van der Waals surface area contributed by atoms with E-state index in [4.69, 9.17) is 0 Å². The molecule has 6 heteroatoms. The maximum atomic E-state index is 12.4. The van der Waals surface area contributed by atoms with E-state index in [1.807, 2.05) is 6.92 Å². The molecule has 0 saturated heterocycles. The zero-order valence-corrected chi connectivity index (χ0v) is 13.4. The summed E-state index contributed by atoms with van der Waals surface area (Å²) in [6.07, 6.45) is 6.78. The molecule has 0 aliphatic heterocycles. The van der Waals surface area contributed by atoms with Crippen molar-refractivity contribution in [1.82, 2.24) is 24.8 Å². The predicted octanol–water partition coefficient (Wildman–Crippen LogP) is 1.73. The Kier molecular flexibility index (Phi) is 5.66. The van der Waals surface area contributed by atoms with Gasteiger partial charge in [-0.25, -0.2) is 9.97 Å². The van der Waals surface area contributed by atoms with Crippen molar-refractivity contribution < 1.29 is 4.79 Å². The van der Waals surface area contributed by atoms with Crippen LogP contribution in [0.4, 0.5) is 0 Å². The first-order chi connectivity index (χ1) is 10.6. The Labute approximate surface area is 131 Å². The maximum absolute atomic E-state index is 12.4. The number of rotatable bonds is 7. The fourth-order valence-electron chi connectivity index (χ4n) is 2.32. The largest absolute Gasteiger partial charge is 0.348 e. The van der Waals surface area contributed by atoms with Crippen LogP contribution in [0.5, 0.6) is 0 Å². The summed E-state index contributed by atoms with van der Waals surface area (Å²) >= 11 is 0. The van der Waals surface area contributed by atoms with Crippen molar-refractivity contribution in [2.24, 2.45) is 0 Å². The van der Waals surface area contributed by atoms with Crippen LogP contribution in [-0.4, -0.2) is 51.0 Å². The minimum atomic E-state index is -0.0802. The van der Waals surface area contributed by atoms with Crippen molar-refractivity contribution >= 4 is 5.91 Å². The molecule has 0 aliphatic rings. The van der Waals surface area contributed by atoms with Crippen LogP contribution in [-0.2, 0) is 0 Å². The van der Waals surface area contributed by atoms with Gasteiger partial charge in [0.25, 0.3) is 5.91 Å². The van der Waals surface area contributed by atoms with Crippen molar-refractivity contribution in [3.8, 4) is 5.82 Å². The van der Waals surface area contributed by atoms with Crippen LogP contribution < -0.4 is 5.32 Å². The lowest BCUT2D eigenvalue weighted by Gasteiger charge is -2.23. The molecule has 2 heterocycles. The van der Waals surface area contributed by atoms with E-state index < -0.39 is 0 Å². The van der Waals surface area contributed by atoms with Crippen molar-refractivity contribution in [3.05, 3.63) is 42.6 Å². The third kappa shape index (κ3) is 4.14. The molecule has 0 spiro atoms. The lowest BCUT2D eigenvalue weighted by atomic mass is 10.2. The standard InChI is InChI=1S/C16H23N5O/c1-4-20(5-2)11-13(3)19-16(22)14-6-7-18-15(10-14)21-9-8-17-12-21/h6-10,12-13H,4-5,11H2,1-3H3,(H,19,22). The molecule has 1 unspecified atom stereocenters. The summed E-state index contributed by atoms with van der Waals surface area (Å²) in [5, 5.41) is 3.03. The number of pyridine rings is 1. The molecule has 1 amide bonds. The molecular weight excluding hydrogens is 278 g/mol. The Balaban J connectivity index is 2.02. The van der Waals surface area contributed by atoms with E-state index in [0.717, 1.165) is 19.6 Å². The van der Waals surface area contributed by atoms with Crippen LogP contribution in [0.25, 0.3) is 5.82 Å². The molecule has 2 aromatic rings. The van der Waals surface area contributed by atoms with E-state index in [2.05, 4.69) is 34.0 Å². The third-order valence-corrected chi connectivity index (χ3v) is 3.58. The molecule has 2 aromatic heterocycles. The summed E-state index contributed by atoms with van der Waals surface area (Å²) in [5.41, 5.74) is 0.602.